The molecule has 1 amide bonds. The second kappa shape index (κ2) is 7.92. The third kappa shape index (κ3) is 4.53. The maximum absolute atomic E-state index is 12.1. The molecule has 122 valence electrons. The number of nitrogens with zero attached hydrogens (tertiary/aromatic N) is 3. The van der Waals surface area contributed by atoms with Crippen LogP contribution in [-0.4, -0.2) is 41.7 Å². The van der Waals surface area contributed by atoms with Gasteiger partial charge < -0.3 is 19.5 Å². The van der Waals surface area contributed by atoms with Gasteiger partial charge in [0.05, 0.1) is 27.4 Å². The van der Waals surface area contributed by atoms with Gasteiger partial charge in [-0.3, -0.25) is 4.79 Å². The van der Waals surface area contributed by atoms with Crippen molar-refractivity contribution in [2.24, 2.45) is 0 Å². The van der Waals surface area contributed by atoms with Crippen LogP contribution in [0.15, 0.2) is 24.3 Å². The van der Waals surface area contributed by atoms with Crippen molar-refractivity contribution < 1.29 is 19.0 Å². The van der Waals surface area contributed by atoms with Gasteiger partial charge in [0.1, 0.15) is 5.75 Å². The molecule has 8 nitrogen and oxygen atoms in total. The molecule has 0 radical (unpaired) electrons. The Hall–Kier alpha value is -2.90. The monoisotopic (exact) mass is 318 g/mol. The number of methoxy groups -OCH3 is 2. The van der Waals surface area contributed by atoms with Gasteiger partial charge in [-0.05, 0) is 31.2 Å². The van der Waals surface area contributed by atoms with E-state index in [1.54, 1.807) is 24.3 Å². The van der Waals surface area contributed by atoms with Crippen LogP contribution >= 0.6 is 0 Å². The van der Waals surface area contributed by atoms with Crippen molar-refractivity contribution in [1.82, 2.24) is 20.3 Å². The summed E-state index contributed by atoms with van der Waals surface area (Å²) >= 11 is 0. The highest BCUT2D eigenvalue weighted by Crippen LogP contribution is 2.12. The van der Waals surface area contributed by atoms with E-state index in [4.69, 9.17) is 14.2 Å². The summed E-state index contributed by atoms with van der Waals surface area (Å²) in [6.07, 6.45) is 0. The van der Waals surface area contributed by atoms with Crippen LogP contribution in [0.3, 0.4) is 0 Å². The largest absolute Gasteiger partial charge is 0.494 e. The molecule has 0 fully saturated rings. The summed E-state index contributed by atoms with van der Waals surface area (Å²) in [5.74, 6) is 0.815. The number of nitrogens with one attached hydrogen (secondary N) is 1. The van der Waals surface area contributed by atoms with Crippen LogP contribution in [0.5, 0.6) is 17.8 Å². The van der Waals surface area contributed by atoms with E-state index in [2.05, 4.69) is 20.3 Å². The Morgan fingerprint density at radius 3 is 2.17 bits per heavy atom. The minimum Gasteiger partial charge on any atom is -0.494 e. The van der Waals surface area contributed by atoms with E-state index in [0.717, 1.165) is 5.75 Å². The fourth-order valence-electron chi connectivity index (χ4n) is 1.77. The van der Waals surface area contributed by atoms with E-state index in [0.29, 0.717) is 18.0 Å². The Bertz CT molecular complexity index is 639. The molecule has 8 heteroatoms. The topological polar surface area (TPSA) is 95.5 Å². The zero-order valence-corrected chi connectivity index (χ0v) is 13.2. The van der Waals surface area contributed by atoms with Gasteiger partial charge >= 0.3 is 12.0 Å². The smallest absolute Gasteiger partial charge is 0.322 e. The molecule has 0 aliphatic heterocycles. The molecule has 2 rings (SSSR count). The molecule has 0 atom stereocenters. The fraction of sp³-hybridized carbons (Fsp3) is 0.333. The van der Waals surface area contributed by atoms with E-state index in [1.165, 1.54) is 14.2 Å². The maximum atomic E-state index is 12.1. The first-order valence-corrected chi connectivity index (χ1v) is 7.00. The molecule has 0 unspecified atom stereocenters. The first-order valence-electron chi connectivity index (χ1n) is 7.00. The molecule has 1 aromatic carbocycles. The Balaban J connectivity index is 2.01. The quantitative estimate of drug-likeness (QED) is 0.820. The molecule has 0 aliphatic rings. The predicted molar refractivity (Wildman–Crippen MR) is 81.7 cm³/mol. The third-order valence-corrected chi connectivity index (χ3v) is 2.84. The summed E-state index contributed by atoms with van der Waals surface area (Å²) < 4.78 is 15.2. The molecule has 0 aliphatic carbocycles. The molecule has 2 aromatic rings. The minimum absolute atomic E-state index is 0.126. The number of benzene rings is 1. The SMILES string of the molecule is CCOc1ccc(C(=O)NCc2nc(OC)nc(OC)n2)cc1. The molecule has 1 aromatic heterocycles. The van der Waals surface area contributed by atoms with E-state index < -0.39 is 0 Å². The lowest BCUT2D eigenvalue weighted by molar-refractivity contribution is 0.0949. The average Bonchev–Trinajstić information content (AvgIpc) is 2.60. The van der Waals surface area contributed by atoms with Crippen molar-refractivity contribution in [3.8, 4) is 17.8 Å². The number of carbonyl (C=O) groups is 1. The number of ether oxygens (including phenoxy) is 3. The minimum atomic E-state index is -0.244. The summed E-state index contributed by atoms with van der Waals surface area (Å²) in [6, 6.07) is 7.12. The summed E-state index contributed by atoms with van der Waals surface area (Å²) in [4.78, 5) is 24.1. The summed E-state index contributed by atoms with van der Waals surface area (Å²) in [6.45, 7) is 2.60. The fourth-order valence-corrected chi connectivity index (χ4v) is 1.77. The van der Waals surface area contributed by atoms with Crippen LogP contribution in [0, 0.1) is 0 Å². The molecular formula is C15H18N4O4. The lowest BCUT2D eigenvalue weighted by atomic mass is 10.2. The highest BCUT2D eigenvalue weighted by atomic mass is 16.5. The van der Waals surface area contributed by atoms with Gasteiger partial charge in [0.15, 0.2) is 5.82 Å². The van der Waals surface area contributed by atoms with Gasteiger partial charge in [-0.25, -0.2) is 0 Å². The van der Waals surface area contributed by atoms with Gasteiger partial charge in [0.2, 0.25) is 0 Å². The van der Waals surface area contributed by atoms with Crippen molar-refractivity contribution in [3.05, 3.63) is 35.7 Å². The number of hydrogen-bond donors (Lipinski definition) is 1. The molecule has 23 heavy (non-hydrogen) atoms. The molecule has 0 spiro atoms. The number of amides is 1. The van der Waals surface area contributed by atoms with Crippen molar-refractivity contribution in [1.29, 1.82) is 0 Å². The number of aromatic nitrogens is 3. The Labute approximate surface area is 133 Å². The van der Waals surface area contributed by atoms with E-state index >= 15 is 0 Å². The van der Waals surface area contributed by atoms with Crippen molar-refractivity contribution in [3.63, 3.8) is 0 Å². The van der Waals surface area contributed by atoms with Crippen molar-refractivity contribution in [2.75, 3.05) is 20.8 Å². The van der Waals surface area contributed by atoms with Gasteiger partial charge in [-0.2, -0.15) is 9.97 Å². The molecular weight excluding hydrogens is 300 g/mol. The highest BCUT2D eigenvalue weighted by Gasteiger charge is 2.10. The lowest BCUT2D eigenvalue weighted by Gasteiger charge is -2.07. The maximum Gasteiger partial charge on any atom is 0.322 e. The van der Waals surface area contributed by atoms with Crippen molar-refractivity contribution in [2.45, 2.75) is 13.5 Å². The van der Waals surface area contributed by atoms with Crippen LogP contribution in [0.1, 0.15) is 23.1 Å². The number of hydrogen-bond acceptors (Lipinski definition) is 7. The van der Waals surface area contributed by atoms with Gasteiger partial charge in [-0.15, -0.1) is 4.98 Å². The predicted octanol–water partition coefficient (Wildman–Crippen LogP) is 1.22. The second-order valence-electron chi connectivity index (χ2n) is 4.37. The van der Waals surface area contributed by atoms with Gasteiger partial charge in [0.25, 0.3) is 5.91 Å². The van der Waals surface area contributed by atoms with Gasteiger partial charge in [-0.1, -0.05) is 0 Å². The first kappa shape index (κ1) is 16.5. The standard InChI is InChI=1S/C15H18N4O4/c1-4-23-11-7-5-10(6-8-11)13(20)16-9-12-17-14(21-2)19-15(18-12)22-3/h5-8H,4,9H2,1-3H3,(H,16,20). The molecule has 1 heterocycles. The molecule has 0 saturated heterocycles. The van der Waals surface area contributed by atoms with E-state index in [-0.39, 0.29) is 24.5 Å². The summed E-state index contributed by atoms with van der Waals surface area (Å²) in [7, 11) is 2.88. The zero-order chi connectivity index (χ0) is 16.7. The average molecular weight is 318 g/mol. The molecule has 0 saturated carbocycles. The Kier molecular flexibility index (Phi) is 5.67. The third-order valence-electron chi connectivity index (χ3n) is 2.84. The van der Waals surface area contributed by atoms with Gasteiger partial charge in [0, 0.05) is 5.56 Å². The van der Waals surface area contributed by atoms with Crippen LogP contribution in [0.25, 0.3) is 0 Å². The van der Waals surface area contributed by atoms with Crippen molar-refractivity contribution >= 4 is 5.91 Å². The van der Waals surface area contributed by atoms with Crippen LogP contribution in [-0.2, 0) is 6.54 Å². The van der Waals surface area contributed by atoms with Crippen LogP contribution in [0.2, 0.25) is 0 Å². The van der Waals surface area contributed by atoms with Crippen LogP contribution < -0.4 is 19.5 Å². The Morgan fingerprint density at radius 2 is 1.65 bits per heavy atom. The molecule has 1 N–H and O–H groups in total. The zero-order valence-electron chi connectivity index (χ0n) is 13.2. The number of rotatable bonds is 7. The summed E-state index contributed by atoms with van der Waals surface area (Å²) in [5, 5.41) is 2.73. The van der Waals surface area contributed by atoms with E-state index in [9.17, 15) is 4.79 Å². The van der Waals surface area contributed by atoms with Crippen LogP contribution in [0.4, 0.5) is 0 Å². The second-order valence-corrected chi connectivity index (χ2v) is 4.37. The van der Waals surface area contributed by atoms with E-state index in [1.807, 2.05) is 6.92 Å². The molecule has 0 bridgehead atoms. The number of carbonyl (C=O) groups excluding carboxylic acids is 1. The Morgan fingerprint density at radius 1 is 1.04 bits per heavy atom. The summed E-state index contributed by atoms with van der Waals surface area (Å²) in [5.41, 5.74) is 0.515. The normalized spacial score (nSPS) is 10.0. The first-order chi connectivity index (χ1) is 11.2. The highest BCUT2D eigenvalue weighted by molar-refractivity contribution is 5.94. The lowest BCUT2D eigenvalue weighted by Crippen LogP contribution is -2.24.